The molecule has 0 saturated heterocycles. The zero-order chi connectivity index (χ0) is 23.8. The first kappa shape index (κ1) is 20.9. The molecule has 0 N–H and O–H groups in total. The van der Waals surface area contributed by atoms with Gasteiger partial charge in [-0.05, 0) is 19.1 Å². The van der Waals surface area contributed by atoms with Gasteiger partial charge in [-0.15, -0.1) is 10.2 Å². The summed E-state index contributed by atoms with van der Waals surface area (Å²) < 4.78 is 22.8. The van der Waals surface area contributed by atoms with E-state index in [4.69, 9.17) is 18.4 Å². The topological polar surface area (TPSA) is 100 Å². The fourth-order valence-electron chi connectivity index (χ4n) is 4.21. The number of nitrogens with zero attached hydrogens (tertiary/aromatic N) is 3. The number of esters is 1. The molecule has 0 unspecified atom stereocenters. The molecule has 0 saturated carbocycles. The highest BCUT2D eigenvalue weighted by atomic mass is 16.5. The molecule has 2 aromatic heterocycles. The van der Waals surface area contributed by atoms with Crippen molar-refractivity contribution in [1.29, 1.82) is 0 Å². The van der Waals surface area contributed by atoms with Gasteiger partial charge in [-0.25, -0.2) is 0 Å². The molecule has 5 aromatic rings. The average molecular weight is 465 g/mol. The van der Waals surface area contributed by atoms with Crippen molar-refractivity contribution in [2.24, 2.45) is 0 Å². The van der Waals surface area contributed by atoms with Gasteiger partial charge in [0.15, 0.2) is 6.61 Å². The standard InChI is InChI=1S/C27H19N3O5/c1-16-23(25(30-35-16)17-9-3-2-4-10-17)26-29-28-22(34-26)15-32-27(31)24-18-11-5-7-13-20(18)33-21-14-8-6-12-19(21)24/h2-14,24H,15H2,1H3. The number of carbonyl (C=O) groups is 1. The van der Waals surface area contributed by atoms with E-state index < -0.39 is 11.9 Å². The largest absolute Gasteiger partial charge is 0.457 e. The van der Waals surface area contributed by atoms with E-state index in [2.05, 4.69) is 15.4 Å². The van der Waals surface area contributed by atoms with E-state index in [9.17, 15) is 4.79 Å². The van der Waals surface area contributed by atoms with Crippen LogP contribution in [0.4, 0.5) is 0 Å². The summed E-state index contributed by atoms with van der Waals surface area (Å²) in [6, 6.07) is 24.4. The third-order valence-corrected chi connectivity index (χ3v) is 5.84. The van der Waals surface area contributed by atoms with E-state index in [1.165, 1.54) is 0 Å². The molecule has 8 nitrogen and oxygen atoms in total. The Balaban J connectivity index is 1.24. The Morgan fingerprint density at radius 3 is 2.26 bits per heavy atom. The first-order chi connectivity index (χ1) is 17.2. The maximum absolute atomic E-state index is 13.2. The second kappa shape index (κ2) is 8.57. The number of aromatic nitrogens is 3. The van der Waals surface area contributed by atoms with Gasteiger partial charge in [-0.1, -0.05) is 71.9 Å². The lowest BCUT2D eigenvalue weighted by Crippen LogP contribution is -2.21. The fourth-order valence-corrected chi connectivity index (χ4v) is 4.21. The minimum atomic E-state index is -0.622. The minimum Gasteiger partial charge on any atom is -0.457 e. The third-order valence-electron chi connectivity index (χ3n) is 5.84. The number of hydrogen-bond donors (Lipinski definition) is 0. The fraction of sp³-hybridized carbons (Fsp3) is 0.111. The lowest BCUT2D eigenvalue weighted by atomic mass is 9.88. The number of fused-ring (bicyclic) bond motifs is 2. The first-order valence-corrected chi connectivity index (χ1v) is 11.1. The van der Waals surface area contributed by atoms with Gasteiger partial charge in [0.05, 0.1) is 0 Å². The third kappa shape index (κ3) is 3.74. The van der Waals surface area contributed by atoms with E-state index in [1.54, 1.807) is 6.92 Å². The Morgan fingerprint density at radius 1 is 0.886 bits per heavy atom. The van der Waals surface area contributed by atoms with Crippen LogP contribution in [0.15, 0.2) is 87.8 Å². The van der Waals surface area contributed by atoms with Crippen LogP contribution >= 0.6 is 0 Å². The average Bonchev–Trinajstić information content (AvgIpc) is 3.52. The molecule has 8 heteroatoms. The van der Waals surface area contributed by atoms with Crippen molar-refractivity contribution in [2.75, 3.05) is 0 Å². The van der Waals surface area contributed by atoms with Crippen LogP contribution in [0.2, 0.25) is 0 Å². The highest BCUT2D eigenvalue weighted by molar-refractivity contribution is 5.85. The molecule has 1 aliphatic rings. The van der Waals surface area contributed by atoms with Crippen LogP contribution in [0.25, 0.3) is 22.7 Å². The predicted octanol–water partition coefficient (Wildman–Crippen LogP) is 5.68. The van der Waals surface area contributed by atoms with E-state index in [0.717, 1.165) is 16.7 Å². The Bertz CT molecular complexity index is 1480. The van der Waals surface area contributed by atoms with Gasteiger partial charge >= 0.3 is 5.97 Å². The van der Waals surface area contributed by atoms with Gasteiger partial charge in [-0.3, -0.25) is 4.79 Å². The maximum atomic E-state index is 13.2. The molecule has 0 spiro atoms. The number of aryl methyl sites for hydroxylation is 1. The Kier molecular flexibility index (Phi) is 5.11. The summed E-state index contributed by atoms with van der Waals surface area (Å²) in [5.74, 6) is 1.17. The van der Waals surface area contributed by atoms with Crippen molar-refractivity contribution in [2.45, 2.75) is 19.4 Å². The molecule has 35 heavy (non-hydrogen) atoms. The Labute approximate surface area is 200 Å². The minimum absolute atomic E-state index is 0.168. The van der Waals surface area contributed by atoms with Gasteiger partial charge < -0.3 is 18.4 Å². The van der Waals surface area contributed by atoms with E-state index >= 15 is 0 Å². The van der Waals surface area contributed by atoms with E-state index in [0.29, 0.717) is 28.5 Å². The quantitative estimate of drug-likeness (QED) is 0.306. The van der Waals surface area contributed by atoms with Crippen LogP contribution < -0.4 is 4.74 Å². The van der Waals surface area contributed by atoms with Crippen molar-refractivity contribution in [3.05, 3.63) is 102 Å². The lowest BCUT2D eigenvalue weighted by molar-refractivity contribution is -0.146. The van der Waals surface area contributed by atoms with Gasteiger partial charge in [0, 0.05) is 16.7 Å². The first-order valence-electron chi connectivity index (χ1n) is 11.1. The van der Waals surface area contributed by atoms with Gasteiger partial charge in [0.25, 0.3) is 11.8 Å². The number of ether oxygens (including phenoxy) is 2. The Morgan fingerprint density at radius 2 is 1.54 bits per heavy atom. The van der Waals surface area contributed by atoms with Crippen molar-refractivity contribution < 1.29 is 23.2 Å². The van der Waals surface area contributed by atoms with Crippen LogP contribution in [0, 0.1) is 6.92 Å². The maximum Gasteiger partial charge on any atom is 0.318 e. The highest BCUT2D eigenvalue weighted by Gasteiger charge is 2.34. The number of rotatable bonds is 5. The van der Waals surface area contributed by atoms with Crippen molar-refractivity contribution >= 4 is 5.97 Å². The van der Waals surface area contributed by atoms with E-state index in [1.807, 2.05) is 78.9 Å². The number of para-hydroxylation sites is 2. The van der Waals surface area contributed by atoms with Gasteiger partial charge in [-0.2, -0.15) is 0 Å². The summed E-state index contributed by atoms with van der Waals surface area (Å²) in [5.41, 5.74) is 3.56. The normalized spacial score (nSPS) is 12.5. The van der Waals surface area contributed by atoms with Crippen LogP contribution in [0.3, 0.4) is 0 Å². The molecule has 0 fully saturated rings. The summed E-state index contributed by atoms with van der Waals surface area (Å²) in [6.45, 7) is 1.61. The summed E-state index contributed by atoms with van der Waals surface area (Å²) >= 11 is 0. The molecular formula is C27H19N3O5. The number of carbonyl (C=O) groups excluding carboxylic acids is 1. The summed E-state index contributed by atoms with van der Waals surface area (Å²) in [4.78, 5) is 13.2. The monoisotopic (exact) mass is 465 g/mol. The molecule has 172 valence electrons. The van der Waals surface area contributed by atoms with Crippen LogP contribution in [-0.2, 0) is 16.1 Å². The van der Waals surface area contributed by atoms with E-state index in [-0.39, 0.29) is 18.4 Å². The van der Waals surface area contributed by atoms with Crippen molar-refractivity contribution in [3.63, 3.8) is 0 Å². The molecule has 0 atom stereocenters. The number of hydrogen-bond acceptors (Lipinski definition) is 8. The van der Waals surface area contributed by atoms with Gasteiger partial charge in [0.2, 0.25) is 0 Å². The van der Waals surface area contributed by atoms with Gasteiger partial charge in [0.1, 0.15) is 34.4 Å². The van der Waals surface area contributed by atoms with Crippen molar-refractivity contribution in [3.8, 4) is 34.2 Å². The molecular weight excluding hydrogens is 446 g/mol. The second-order valence-electron chi connectivity index (χ2n) is 8.05. The SMILES string of the molecule is Cc1onc(-c2ccccc2)c1-c1nnc(COC(=O)C2c3ccccc3Oc3ccccc32)o1. The zero-order valence-corrected chi connectivity index (χ0v) is 18.7. The zero-order valence-electron chi connectivity index (χ0n) is 18.7. The highest BCUT2D eigenvalue weighted by Crippen LogP contribution is 2.44. The summed E-state index contributed by atoms with van der Waals surface area (Å²) in [6.07, 6.45) is 0. The predicted molar refractivity (Wildman–Crippen MR) is 125 cm³/mol. The molecule has 0 amide bonds. The van der Waals surface area contributed by atoms with Crippen LogP contribution in [0.1, 0.15) is 28.7 Å². The molecule has 6 rings (SSSR count). The number of benzene rings is 3. The Hall–Kier alpha value is -4.72. The molecule has 0 radical (unpaired) electrons. The molecule has 1 aliphatic heterocycles. The van der Waals surface area contributed by atoms with Crippen LogP contribution in [-0.4, -0.2) is 21.3 Å². The molecule has 0 aliphatic carbocycles. The molecule has 3 heterocycles. The molecule has 3 aromatic carbocycles. The second-order valence-corrected chi connectivity index (χ2v) is 8.05. The lowest BCUT2D eigenvalue weighted by Gasteiger charge is -2.26. The summed E-state index contributed by atoms with van der Waals surface area (Å²) in [7, 11) is 0. The summed E-state index contributed by atoms with van der Waals surface area (Å²) in [5, 5.41) is 12.4. The van der Waals surface area contributed by atoms with Crippen molar-refractivity contribution in [1.82, 2.24) is 15.4 Å². The molecule has 0 bridgehead atoms. The van der Waals surface area contributed by atoms with Crippen LogP contribution in [0.5, 0.6) is 11.5 Å². The smallest absolute Gasteiger partial charge is 0.318 e.